The Bertz CT molecular complexity index is 683. The number of nitrogens with one attached hydrogen (secondary N) is 1. The molecule has 9 nitrogen and oxygen atoms in total. The summed E-state index contributed by atoms with van der Waals surface area (Å²) in [6.45, 7) is 4.61. The number of aliphatic hydroxyl groups is 2. The number of hydrogen-bond acceptors (Lipinski definition) is 8. The minimum atomic E-state index is -1.37. The van der Waals surface area contributed by atoms with Gasteiger partial charge in [-0.15, -0.1) is 6.58 Å². The minimum Gasteiger partial charge on any atom is -0.457 e. The Morgan fingerprint density at radius 3 is 2.67 bits per heavy atom. The fourth-order valence-electron chi connectivity index (χ4n) is 3.02. The van der Waals surface area contributed by atoms with Crippen molar-refractivity contribution in [1.82, 2.24) is 5.32 Å². The Morgan fingerprint density at radius 1 is 1.30 bits per heavy atom. The van der Waals surface area contributed by atoms with Crippen LogP contribution in [0.25, 0.3) is 0 Å². The quantitative estimate of drug-likeness (QED) is 0.292. The average Bonchev–Trinajstić information content (AvgIpc) is 2.74. The molecule has 1 saturated heterocycles. The molecule has 0 spiro atoms. The molecule has 1 fully saturated rings. The Balaban J connectivity index is 2.09. The number of rotatable bonds is 10. The van der Waals surface area contributed by atoms with Crippen LogP contribution in [0.4, 0.5) is 4.79 Å². The summed E-state index contributed by atoms with van der Waals surface area (Å²) in [5.41, 5.74) is 0.793. The highest BCUT2D eigenvalue weighted by atomic mass is 16.7. The summed E-state index contributed by atoms with van der Waals surface area (Å²) in [5, 5.41) is 22.5. The van der Waals surface area contributed by atoms with Gasteiger partial charge >= 0.3 is 12.1 Å². The predicted molar refractivity (Wildman–Crippen MR) is 106 cm³/mol. The average molecular weight is 423 g/mol. The van der Waals surface area contributed by atoms with Crippen LogP contribution in [0.5, 0.6) is 0 Å². The van der Waals surface area contributed by atoms with Crippen LogP contribution in [0, 0.1) is 0 Å². The van der Waals surface area contributed by atoms with E-state index in [9.17, 15) is 19.8 Å². The molecule has 1 aromatic carbocycles. The molecule has 5 atom stereocenters. The van der Waals surface area contributed by atoms with E-state index < -0.39 is 49.3 Å². The van der Waals surface area contributed by atoms with E-state index in [1.165, 1.54) is 6.92 Å². The normalized spacial score (nSPS) is 25.9. The molecule has 30 heavy (non-hydrogen) atoms. The number of amides is 1. The number of allylic oxidation sites excluding steroid dienone is 1. The van der Waals surface area contributed by atoms with Crippen molar-refractivity contribution in [3.05, 3.63) is 48.6 Å². The van der Waals surface area contributed by atoms with Gasteiger partial charge in [0.1, 0.15) is 24.9 Å². The molecule has 1 aliphatic heterocycles. The predicted octanol–water partition coefficient (Wildman–Crippen LogP) is 1.27. The number of esters is 1. The second-order valence-electron chi connectivity index (χ2n) is 6.82. The third-order valence-corrected chi connectivity index (χ3v) is 4.49. The van der Waals surface area contributed by atoms with Gasteiger partial charge in [0, 0.05) is 6.92 Å². The second kappa shape index (κ2) is 12.3. The number of hydrogen-bond donors (Lipinski definition) is 3. The fraction of sp³-hybridized carbons (Fsp3) is 0.524. The molecule has 1 aromatic rings. The zero-order chi connectivity index (χ0) is 21.9. The molecule has 0 saturated carbocycles. The van der Waals surface area contributed by atoms with E-state index in [2.05, 4.69) is 11.9 Å². The summed E-state index contributed by atoms with van der Waals surface area (Å²) in [6, 6.07) is 8.06. The summed E-state index contributed by atoms with van der Waals surface area (Å²) in [7, 11) is 0. The highest BCUT2D eigenvalue weighted by Crippen LogP contribution is 2.25. The van der Waals surface area contributed by atoms with Crippen LogP contribution in [-0.2, 0) is 30.3 Å². The molecular formula is C21H29NO8. The third-order valence-electron chi connectivity index (χ3n) is 4.49. The monoisotopic (exact) mass is 423 g/mol. The lowest BCUT2D eigenvalue weighted by molar-refractivity contribution is -0.272. The standard InChI is InChI=1S/C21H29NO8/c1-3-4-8-11-27-20-17(19(29-14(2)24)18(25)16(12-23)30-20)22-21(26)28-13-15-9-6-5-7-10-15/h3,5-7,9-10,16-20,23,25H,1,4,8,11-13H2,2H3,(H,22,26)/t16-,17+,18-,19-,20-/m1/s1. The van der Waals surface area contributed by atoms with E-state index in [0.29, 0.717) is 12.8 Å². The molecule has 2 rings (SSSR count). The lowest BCUT2D eigenvalue weighted by atomic mass is 9.96. The number of carbonyl (C=O) groups is 2. The number of unbranched alkanes of at least 4 members (excludes halogenated alkanes) is 1. The van der Waals surface area contributed by atoms with Crippen LogP contribution in [0.2, 0.25) is 0 Å². The van der Waals surface area contributed by atoms with Crippen molar-refractivity contribution in [3.8, 4) is 0 Å². The van der Waals surface area contributed by atoms with Gasteiger partial charge in [-0.3, -0.25) is 4.79 Å². The highest BCUT2D eigenvalue weighted by Gasteiger charge is 2.48. The topological polar surface area (TPSA) is 124 Å². The molecule has 3 N–H and O–H groups in total. The van der Waals surface area contributed by atoms with Crippen LogP contribution in [0.15, 0.2) is 43.0 Å². The van der Waals surface area contributed by atoms with Crippen molar-refractivity contribution < 1.29 is 38.7 Å². The third kappa shape index (κ3) is 7.10. The van der Waals surface area contributed by atoms with Crippen LogP contribution in [0.1, 0.15) is 25.3 Å². The van der Waals surface area contributed by atoms with E-state index >= 15 is 0 Å². The van der Waals surface area contributed by atoms with E-state index in [1.54, 1.807) is 18.2 Å². The molecule has 1 heterocycles. The van der Waals surface area contributed by atoms with Crippen molar-refractivity contribution in [1.29, 1.82) is 0 Å². The number of carbonyl (C=O) groups excluding carboxylic acids is 2. The van der Waals surface area contributed by atoms with Gasteiger partial charge in [0.2, 0.25) is 0 Å². The van der Waals surface area contributed by atoms with Gasteiger partial charge in [0.15, 0.2) is 12.4 Å². The van der Waals surface area contributed by atoms with Gasteiger partial charge in [-0.2, -0.15) is 0 Å². The van der Waals surface area contributed by atoms with E-state index in [0.717, 1.165) is 5.56 Å². The summed E-state index contributed by atoms with van der Waals surface area (Å²) in [4.78, 5) is 23.9. The maximum absolute atomic E-state index is 12.4. The molecule has 0 unspecified atom stereocenters. The van der Waals surface area contributed by atoms with Gasteiger partial charge in [-0.05, 0) is 18.4 Å². The molecule has 0 bridgehead atoms. The Labute approximate surface area is 175 Å². The summed E-state index contributed by atoms with van der Waals surface area (Å²) in [5.74, 6) is -0.660. The van der Waals surface area contributed by atoms with Crippen molar-refractivity contribution >= 4 is 12.1 Å². The van der Waals surface area contributed by atoms with E-state index in [4.69, 9.17) is 18.9 Å². The lowest BCUT2D eigenvalue weighted by Crippen LogP contribution is -2.65. The van der Waals surface area contributed by atoms with Crippen LogP contribution in [0.3, 0.4) is 0 Å². The summed E-state index contributed by atoms with van der Waals surface area (Å²) >= 11 is 0. The van der Waals surface area contributed by atoms with Crippen molar-refractivity contribution in [2.45, 2.75) is 57.0 Å². The van der Waals surface area contributed by atoms with Gasteiger partial charge in [-0.1, -0.05) is 36.4 Å². The highest BCUT2D eigenvalue weighted by molar-refractivity contribution is 5.68. The smallest absolute Gasteiger partial charge is 0.407 e. The molecule has 0 radical (unpaired) electrons. The van der Waals surface area contributed by atoms with Crippen molar-refractivity contribution in [2.75, 3.05) is 13.2 Å². The number of alkyl carbamates (subject to hydrolysis) is 1. The fourth-order valence-corrected chi connectivity index (χ4v) is 3.02. The summed E-state index contributed by atoms with van der Waals surface area (Å²) < 4.78 is 21.7. The zero-order valence-electron chi connectivity index (χ0n) is 16.9. The molecular weight excluding hydrogens is 394 g/mol. The van der Waals surface area contributed by atoms with Gasteiger partial charge in [0.25, 0.3) is 0 Å². The van der Waals surface area contributed by atoms with E-state index in [-0.39, 0.29) is 13.2 Å². The largest absolute Gasteiger partial charge is 0.457 e. The van der Waals surface area contributed by atoms with Crippen LogP contribution >= 0.6 is 0 Å². The molecule has 1 amide bonds. The maximum atomic E-state index is 12.4. The molecule has 166 valence electrons. The lowest BCUT2D eigenvalue weighted by Gasteiger charge is -2.43. The van der Waals surface area contributed by atoms with Gasteiger partial charge < -0.3 is 34.5 Å². The van der Waals surface area contributed by atoms with Crippen molar-refractivity contribution in [3.63, 3.8) is 0 Å². The first-order chi connectivity index (χ1) is 14.5. The molecule has 0 aromatic heterocycles. The number of ether oxygens (including phenoxy) is 4. The van der Waals surface area contributed by atoms with Gasteiger partial charge in [-0.25, -0.2) is 4.79 Å². The Kier molecular flexibility index (Phi) is 9.75. The second-order valence-corrected chi connectivity index (χ2v) is 6.82. The summed E-state index contributed by atoms with van der Waals surface area (Å²) in [6.07, 6.45) is -2.36. The zero-order valence-corrected chi connectivity index (χ0v) is 16.9. The Morgan fingerprint density at radius 2 is 2.03 bits per heavy atom. The first-order valence-electron chi connectivity index (χ1n) is 9.77. The molecule has 0 aliphatic carbocycles. The Hall–Kier alpha value is -2.46. The number of aliphatic hydroxyl groups excluding tert-OH is 2. The van der Waals surface area contributed by atoms with Crippen molar-refractivity contribution in [2.24, 2.45) is 0 Å². The minimum absolute atomic E-state index is 0.0329. The van der Waals surface area contributed by atoms with Crippen LogP contribution in [-0.4, -0.2) is 66.1 Å². The van der Waals surface area contributed by atoms with Gasteiger partial charge in [0.05, 0.1) is 13.2 Å². The first kappa shape index (κ1) is 23.8. The SMILES string of the molecule is C=CCCCO[C@@H]1O[C@H](CO)[C@@H](O)[C@H](OC(C)=O)[C@@H]1NC(=O)OCc1ccccc1. The maximum Gasteiger partial charge on any atom is 0.407 e. The number of benzene rings is 1. The molecule has 9 heteroatoms. The first-order valence-corrected chi connectivity index (χ1v) is 9.77. The molecule has 1 aliphatic rings. The van der Waals surface area contributed by atoms with E-state index in [1.807, 2.05) is 18.2 Å². The van der Waals surface area contributed by atoms with Crippen LogP contribution < -0.4 is 5.32 Å².